The minimum absolute atomic E-state index is 0.350. The maximum atomic E-state index is 11.9. The molecule has 16 heavy (non-hydrogen) atoms. The molecule has 0 saturated heterocycles. The number of hydrogen-bond donors (Lipinski definition) is 0. The van der Waals surface area contributed by atoms with Gasteiger partial charge in [-0.05, 0) is 35.4 Å². The van der Waals surface area contributed by atoms with E-state index in [1.54, 1.807) is 0 Å². The Morgan fingerprint density at radius 1 is 1.38 bits per heavy atom. The molecular weight excluding hydrogens is 245 g/mol. The van der Waals surface area contributed by atoms with Gasteiger partial charge in [0.15, 0.2) is 0 Å². The summed E-state index contributed by atoms with van der Waals surface area (Å²) >= 11 is 5.04. The van der Waals surface area contributed by atoms with Crippen LogP contribution < -0.4 is 4.74 Å². The second-order valence-electron chi connectivity index (χ2n) is 2.76. The highest BCUT2D eigenvalue weighted by Crippen LogP contribution is 2.23. The number of carbonyl (C=O) groups is 1. The van der Waals surface area contributed by atoms with Crippen molar-refractivity contribution in [2.24, 2.45) is 0 Å². The minimum Gasteiger partial charge on any atom is -0.406 e. The SMILES string of the molecule is O=C(Cl)/C=C/c1cccc(OC(F)(F)F)c1. The third kappa shape index (κ3) is 4.84. The van der Waals surface area contributed by atoms with E-state index < -0.39 is 11.6 Å². The molecule has 1 rings (SSSR count). The fourth-order valence-electron chi connectivity index (χ4n) is 0.977. The number of rotatable bonds is 3. The quantitative estimate of drug-likeness (QED) is 0.607. The van der Waals surface area contributed by atoms with Gasteiger partial charge < -0.3 is 4.74 Å². The number of hydrogen-bond acceptors (Lipinski definition) is 2. The second-order valence-corrected chi connectivity index (χ2v) is 3.13. The topological polar surface area (TPSA) is 26.3 Å². The molecule has 0 aliphatic heterocycles. The lowest BCUT2D eigenvalue weighted by Gasteiger charge is -2.08. The van der Waals surface area contributed by atoms with Gasteiger partial charge in [-0.25, -0.2) is 0 Å². The third-order valence-corrected chi connectivity index (χ3v) is 1.62. The molecule has 0 aliphatic carbocycles. The van der Waals surface area contributed by atoms with Gasteiger partial charge in [0.1, 0.15) is 5.75 Å². The highest BCUT2D eigenvalue weighted by Gasteiger charge is 2.30. The Morgan fingerprint density at radius 3 is 2.62 bits per heavy atom. The molecule has 0 radical (unpaired) electrons. The maximum absolute atomic E-state index is 11.9. The van der Waals surface area contributed by atoms with E-state index in [2.05, 4.69) is 4.74 Å². The molecule has 0 N–H and O–H groups in total. The summed E-state index contributed by atoms with van der Waals surface area (Å²) in [7, 11) is 0. The van der Waals surface area contributed by atoms with Crippen molar-refractivity contribution in [2.75, 3.05) is 0 Å². The second kappa shape index (κ2) is 5.03. The van der Waals surface area contributed by atoms with Crippen LogP contribution in [0.2, 0.25) is 0 Å². The molecule has 0 unspecified atom stereocenters. The van der Waals surface area contributed by atoms with Gasteiger partial charge in [0.2, 0.25) is 5.24 Å². The Kier molecular flexibility index (Phi) is 3.95. The van der Waals surface area contributed by atoms with E-state index in [1.807, 2.05) is 0 Å². The summed E-state index contributed by atoms with van der Waals surface area (Å²) in [6.07, 6.45) is -2.41. The van der Waals surface area contributed by atoms with Crippen molar-refractivity contribution in [3.8, 4) is 5.75 Å². The van der Waals surface area contributed by atoms with Crippen molar-refractivity contribution in [1.29, 1.82) is 0 Å². The highest BCUT2D eigenvalue weighted by molar-refractivity contribution is 6.66. The van der Waals surface area contributed by atoms with E-state index in [9.17, 15) is 18.0 Å². The fourth-order valence-corrected chi connectivity index (χ4v) is 1.04. The van der Waals surface area contributed by atoms with Crippen LogP contribution in [-0.2, 0) is 4.79 Å². The molecule has 6 heteroatoms. The first-order valence-corrected chi connectivity index (χ1v) is 4.48. The van der Waals surface area contributed by atoms with Gasteiger partial charge >= 0.3 is 6.36 Å². The standard InChI is InChI=1S/C10H6ClF3O2/c11-9(15)5-4-7-2-1-3-8(6-7)16-10(12,13)14/h1-6H/b5-4+. The summed E-state index contributed by atoms with van der Waals surface area (Å²) in [4.78, 5) is 10.4. The van der Waals surface area contributed by atoms with Gasteiger partial charge in [-0.2, -0.15) is 0 Å². The number of allylic oxidation sites excluding steroid dienone is 1. The van der Waals surface area contributed by atoms with E-state index >= 15 is 0 Å². The van der Waals surface area contributed by atoms with Crippen LogP contribution in [0.1, 0.15) is 5.56 Å². The third-order valence-electron chi connectivity index (χ3n) is 1.50. The summed E-state index contributed by atoms with van der Waals surface area (Å²) in [5, 5.41) is -0.706. The van der Waals surface area contributed by atoms with Crippen LogP contribution in [0.25, 0.3) is 6.08 Å². The van der Waals surface area contributed by atoms with Crippen LogP contribution in [0.15, 0.2) is 30.3 Å². The average molecular weight is 251 g/mol. The van der Waals surface area contributed by atoms with Gasteiger partial charge in [-0.15, -0.1) is 13.2 Å². The van der Waals surface area contributed by atoms with Crippen LogP contribution in [0.3, 0.4) is 0 Å². The molecule has 1 aromatic rings. The number of carbonyl (C=O) groups excluding carboxylic acids is 1. The number of benzene rings is 1. The smallest absolute Gasteiger partial charge is 0.406 e. The lowest BCUT2D eigenvalue weighted by atomic mass is 10.2. The zero-order chi connectivity index (χ0) is 12.2. The van der Waals surface area contributed by atoms with E-state index in [1.165, 1.54) is 18.2 Å². The van der Waals surface area contributed by atoms with Gasteiger partial charge in [0, 0.05) is 0 Å². The molecular formula is C10H6ClF3O2. The van der Waals surface area contributed by atoms with Crippen molar-refractivity contribution in [3.05, 3.63) is 35.9 Å². The fraction of sp³-hybridized carbons (Fsp3) is 0.100. The molecule has 0 spiro atoms. The van der Waals surface area contributed by atoms with Crippen LogP contribution >= 0.6 is 11.6 Å². The first kappa shape index (κ1) is 12.6. The van der Waals surface area contributed by atoms with Gasteiger partial charge in [-0.1, -0.05) is 18.2 Å². The lowest BCUT2D eigenvalue weighted by Crippen LogP contribution is -2.17. The Balaban J connectivity index is 2.83. The predicted octanol–water partition coefficient (Wildman–Crippen LogP) is 3.36. The summed E-state index contributed by atoms with van der Waals surface area (Å²) in [6, 6.07) is 5.19. The lowest BCUT2D eigenvalue weighted by molar-refractivity contribution is -0.274. The number of ether oxygens (including phenoxy) is 1. The Morgan fingerprint density at radius 2 is 2.06 bits per heavy atom. The summed E-state index contributed by atoms with van der Waals surface area (Å²) in [5.74, 6) is -0.350. The molecule has 0 fully saturated rings. The zero-order valence-corrected chi connectivity index (χ0v) is 8.55. The van der Waals surface area contributed by atoms with Crippen molar-refractivity contribution >= 4 is 22.9 Å². The zero-order valence-electron chi connectivity index (χ0n) is 7.79. The number of alkyl halides is 3. The van der Waals surface area contributed by atoms with Gasteiger partial charge in [0.25, 0.3) is 0 Å². The summed E-state index contributed by atoms with van der Waals surface area (Å²) in [6.45, 7) is 0. The number of halogens is 4. The highest BCUT2D eigenvalue weighted by atomic mass is 35.5. The predicted molar refractivity (Wildman–Crippen MR) is 53.0 cm³/mol. The molecule has 0 heterocycles. The Bertz CT molecular complexity index is 413. The Labute approximate surface area is 94.3 Å². The van der Waals surface area contributed by atoms with E-state index in [-0.39, 0.29) is 5.75 Å². The van der Waals surface area contributed by atoms with Crippen molar-refractivity contribution in [1.82, 2.24) is 0 Å². The molecule has 0 aromatic heterocycles. The van der Waals surface area contributed by atoms with Crippen LogP contribution in [0.5, 0.6) is 5.75 Å². The van der Waals surface area contributed by atoms with Crippen LogP contribution in [0.4, 0.5) is 13.2 Å². The van der Waals surface area contributed by atoms with Crippen LogP contribution in [-0.4, -0.2) is 11.6 Å². The van der Waals surface area contributed by atoms with Gasteiger partial charge in [0.05, 0.1) is 0 Å². The summed E-state index contributed by atoms with van der Waals surface area (Å²) in [5.41, 5.74) is 0.385. The molecule has 0 saturated carbocycles. The first-order valence-electron chi connectivity index (χ1n) is 4.10. The van der Waals surface area contributed by atoms with Crippen molar-refractivity contribution in [2.45, 2.75) is 6.36 Å². The molecule has 0 atom stereocenters. The van der Waals surface area contributed by atoms with Crippen molar-refractivity contribution in [3.63, 3.8) is 0 Å². The van der Waals surface area contributed by atoms with Crippen molar-refractivity contribution < 1.29 is 22.7 Å². The average Bonchev–Trinajstić information content (AvgIpc) is 2.12. The van der Waals surface area contributed by atoms with Gasteiger partial charge in [-0.3, -0.25) is 4.79 Å². The van der Waals surface area contributed by atoms with E-state index in [0.29, 0.717) is 5.56 Å². The molecule has 2 nitrogen and oxygen atoms in total. The van der Waals surface area contributed by atoms with E-state index in [4.69, 9.17) is 11.6 Å². The normalized spacial score (nSPS) is 11.8. The minimum atomic E-state index is -4.73. The molecule has 0 amide bonds. The monoisotopic (exact) mass is 250 g/mol. The summed E-state index contributed by atoms with van der Waals surface area (Å²) < 4.78 is 39.3. The molecule has 1 aromatic carbocycles. The van der Waals surface area contributed by atoms with E-state index in [0.717, 1.165) is 18.2 Å². The Hall–Kier alpha value is -1.49. The largest absolute Gasteiger partial charge is 0.573 e. The maximum Gasteiger partial charge on any atom is 0.573 e. The molecule has 0 bridgehead atoms. The molecule has 86 valence electrons. The first-order chi connectivity index (χ1) is 7.37. The molecule has 0 aliphatic rings. The van der Waals surface area contributed by atoms with Crippen LogP contribution in [0, 0.1) is 0 Å².